The predicted molar refractivity (Wildman–Crippen MR) is 99.8 cm³/mol. The van der Waals surface area contributed by atoms with E-state index in [4.69, 9.17) is 14.6 Å². The third kappa shape index (κ3) is 4.24. The zero-order valence-corrected chi connectivity index (χ0v) is 16.4. The van der Waals surface area contributed by atoms with Crippen molar-refractivity contribution in [2.45, 2.75) is 13.0 Å². The van der Waals surface area contributed by atoms with Crippen LogP contribution < -0.4 is 33.2 Å². The Kier molecular flexibility index (Phi) is 6.32. The fourth-order valence-electron chi connectivity index (χ4n) is 3.34. The number of carboxylic acids is 1. The van der Waals surface area contributed by atoms with Gasteiger partial charge in [0.15, 0.2) is 16.6 Å². The van der Waals surface area contributed by atoms with Gasteiger partial charge in [0.2, 0.25) is 0 Å². The summed E-state index contributed by atoms with van der Waals surface area (Å²) in [6.07, 6.45) is 1.44. The summed E-state index contributed by atoms with van der Waals surface area (Å²) < 4.78 is 11.3. The third-order valence-electron chi connectivity index (χ3n) is 4.89. The van der Waals surface area contributed by atoms with Crippen LogP contribution in [0.3, 0.4) is 0 Å². The minimum Gasteiger partial charge on any atom is -1.00 e. The van der Waals surface area contributed by atoms with E-state index in [9.17, 15) is 4.79 Å². The maximum absolute atomic E-state index is 11.0. The Hall–Kier alpha value is -1.72. The van der Waals surface area contributed by atoms with Crippen molar-refractivity contribution in [2.24, 2.45) is 0 Å². The first-order valence-corrected chi connectivity index (χ1v) is 9.51. The Balaban J connectivity index is 0.00000140. The van der Waals surface area contributed by atoms with Crippen LogP contribution in [0.1, 0.15) is 29.6 Å². The number of hydrogen-bond donors (Lipinski definition) is 1. The van der Waals surface area contributed by atoms with Gasteiger partial charge in [0.05, 0.1) is 6.20 Å². The topological polar surface area (TPSA) is 75.1 Å². The molecule has 0 radical (unpaired) electrons. The Bertz CT molecular complexity index is 814. The molecule has 1 N–H and O–H groups in total. The molecule has 9 heteroatoms. The van der Waals surface area contributed by atoms with E-state index in [2.05, 4.69) is 33.8 Å². The van der Waals surface area contributed by atoms with E-state index < -0.39 is 5.97 Å². The number of carboxylic acid groups (broad SMARTS) is 1. The van der Waals surface area contributed by atoms with Gasteiger partial charge in [-0.25, -0.2) is 9.78 Å². The van der Waals surface area contributed by atoms with Crippen LogP contribution in [0.4, 0.5) is 5.13 Å². The molecule has 1 aromatic heterocycles. The summed E-state index contributed by atoms with van der Waals surface area (Å²) >= 11 is 1.24. The van der Waals surface area contributed by atoms with Gasteiger partial charge in [-0.15, -0.1) is 0 Å². The average Bonchev–Trinajstić information content (AvgIpc) is 3.18. The summed E-state index contributed by atoms with van der Waals surface area (Å²) in [4.78, 5) is 20.1. The molecule has 1 saturated heterocycles. The first-order chi connectivity index (χ1) is 12.6. The van der Waals surface area contributed by atoms with Gasteiger partial charge in [0, 0.05) is 32.2 Å². The number of ether oxygens (including phenoxy) is 2. The van der Waals surface area contributed by atoms with Gasteiger partial charge in [-0.05, 0) is 24.6 Å². The average molecular weight is 383 g/mol. The summed E-state index contributed by atoms with van der Waals surface area (Å²) in [5.74, 6) is 0.720. The number of hydrogen-bond acceptors (Lipinski definition) is 7. The maximum atomic E-state index is 11.0. The minimum atomic E-state index is -0.917. The summed E-state index contributed by atoms with van der Waals surface area (Å²) in [6.45, 7) is 6.87. The van der Waals surface area contributed by atoms with Gasteiger partial charge in [0.25, 0.3) is 0 Å². The number of nitrogens with zero attached hydrogens (tertiary/aromatic N) is 3. The SMILES string of the molecule is CC(c1ccc2c(c1)OCCO2)N1CCN(c2ncc(C(=O)O)s2)CC1.[H-].[Li+]. The van der Waals surface area contributed by atoms with Crippen LogP contribution in [0.5, 0.6) is 11.5 Å². The van der Waals surface area contributed by atoms with E-state index in [0.29, 0.717) is 13.2 Å². The number of aromatic nitrogens is 1. The molecular weight excluding hydrogens is 361 g/mol. The molecule has 1 aromatic carbocycles. The number of thiazole rings is 1. The van der Waals surface area contributed by atoms with Crippen molar-refractivity contribution in [3.05, 3.63) is 34.8 Å². The number of benzene rings is 1. The molecule has 140 valence electrons. The summed E-state index contributed by atoms with van der Waals surface area (Å²) in [7, 11) is 0. The monoisotopic (exact) mass is 383 g/mol. The van der Waals surface area contributed by atoms with Crippen LogP contribution in [0.15, 0.2) is 24.4 Å². The summed E-state index contributed by atoms with van der Waals surface area (Å²) in [5.41, 5.74) is 1.21. The Morgan fingerprint density at radius 2 is 1.93 bits per heavy atom. The predicted octanol–water partition coefficient (Wildman–Crippen LogP) is -0.388. The number of piperazine rings is 1. The van der Waals surface area contributed by atoms with Gasteiger partial charge >= 0.3 is 24.8 Å². The number of rotatable bonds is 4. The first-order valence-electron chi connectivity index (χ1n) is 8.69. The van der Waals surface area contributed by atoms with E-state index in [1.165, 1.54) is 23.1 Å². The molecule has 2 aliphatic rings. The molecule has 1 unspecified atom stereocenters. The minimum absolute atomic E-state index is 0. The molecular formula is C18H22LiN3O4S. The van der Waals surface area contributed by atoms with Crippen LogP contribution in [-0.4, -0.2) is 60.4 Å². The second kappa shape index (κ2) is 8.53. The van der Waals surface area contributed by atoms with Gasteiger partial charge in [-0.2, -0.15) is 0 Å². The molecule has 7 nitrogen and oxygen atoms in total. The van der Waals surface area contributed by atoms with E-state index in [0.717, 1.165) is 42.8 Å². The molecule has 2 aliphatic heterocycles. The standard InChI is InChI=1S/C18H21N3O4S.Li.H/c1-12(13-2-3-14-15(10-13)25-9-8-24-14)20-4-6-21(7-5-20)18-19-11-16(26-18)17(22)23;;/h2-3,10-12H,4-9H2,1H3,(H,22,23);;/q;+1;-1. The Labute approximate surface area is 175 Å². The van der Waals surface area contributed by atoms with Crippen molar-refractivity contribution in [3.63, 3.8) is 0 Å². The molecule has 0 aliphatic carbocycles. The molecule has 2 aromatic rings. The number of fused-ring (bicyclic) bond motifs is 1. The normalized spacial score (nSPS) is 17.9. The van der Waals surface area contributed by atoms with Gasteiger partial charge < -0.3 is 20.9 Å². The van der Waals surface area contributed by atoms with Gasteiger partial charge in [0.1, 0.15) is 18.1 Å². The Morgan fingerprint density at radius 3 is 2.59 bits per heavy atom. The third-order valence-corrected chi connectivity index (χ3v) is 5.93. The quantitative estimate of drug-likeness (QED) is 0.721. The molecule has 0 saturated carbocycles. The van der Waals surface area contributed by atoms with Crippen LogP contribution in [-0.2, 0) is 0 Å². The van der Waals surface area contributed by atoms with Gasteiger partial charge in [-0.1, -0.05) is 17.4 Å². The smallest absolute Gasteiger partial charge is 1.00 e. The van der Waals surface area contributed by atoms with Crippen molar-refractivity contribution < 1.29 is 39.7 Å². The fraction of sp³-hybridized carbons (Fsp3) is 0.444. The number of carbonyl (C=O) groups is 1. The summed E-state index contributed by atoms with van der Waals surface area (Å²) in [5, 5.41) is 9.83. The van der Waals surface area contributed by atoms with Crippen molar-refractivity contribution in [1.82, 2.24) is 9.88 Å². The molecule has 1 fully saturated rings. The van der Waals surface area contributed by atoms with Crippen molar-refractivity contribution in [3.8, 4) is 11.5 Å². The molecule has 1 atom stereocenters. The van der Waals surface area contributed by atoms with Crippen molar-refractivity contribution >= 4 is 22.4 Å². The number of anilines is 1. The van der Waals surface area contributed by atoms with E-state index in [-0.39, 0.29) is 31.2 Å². The zero-order valence-electron chi connectivity index (χ0n) is 16.6. The van der Waals surface area contributed by atoms with Crippen molar-refractivity contribution in [2.75, 3.05) is 44.3 Å². The van der Waals surface area contributed by atoms with Crippen molar-refractivity contribution in [1.29, 1.82) is 0 Å². The molecule has 4 rings (SSSR count). The van der Waals surface area contributed by atoms with E-state index in [1.54, 1.807) is 0 Å². The van der Waals surface area contributed by atoms with Gasteiger partial charge in [-0.3, -0.25) is 4.90 Å². The van der Waals surface area contributed by atoms with E-state index >= 15 is 0 Å². The largest absolute Gasteiger partial charge is 1.00 e. The second-order valence-electron chi connectivity index (χ2n) is 6.41. The Morgan fingerprint density at radius 1 is 1.22 bits per heavy atom. The van der Waals surface area contributed by atoms with E-state index in [1.807, 2.05) is 6.07 Å². The molecule has 3 heterocycles. The van der Waals surface area contributed by atoms with Crippen LogP contribution in [0.25, 0.3) is 0 Å². The maximum Gasteiger partial charge on any atom is 1.00 e. The molecule has 0 bridgehead atoms. The molecule has 0 spiro atoms. The zero-order chi connectivity index (χ0) is 18.1. The first kappa shape index (κ1) is 20.0. The summed E-state index contributed by atoms with van der Waals surface area (Å²) in [6, 6.07) is 6.44. The van der Waals surface area contributed by atoms with Crippen LogP contribution in [0, 0.1) is 0 Å². The number of aromatic carboxylic acids is 1. The molecule has 27 heavy (non-hydrogen) atoms. The second-order valence-corrected chi connectivity index (χ2v) is 7.42. The van der Waals surface area contributed by atoms with Crippen LogP contribution >= 0.6 is 11.3 Å². The fourth-order valence-corrected chi connectivity index (χ4v) is 4.15. The van der Waals surface area contributed by atoms with Crippen LogP contribution in [0.2, 0.25) is 0 Å². The molecule has 0 amide bonds.